The Morgan fingerprint density at radius 3 is 2.75 bits per heavy atom. The number of hydrogen-bond acceptors (Lipinski definition) is 6. The van der Waals surface area contributed by atoms with E-state index >= 15 is 0 Å². The van der Waals surface area contributed by atoms with Crippen molar-refractivity contribution in [1.82, 2.24) is 0 Å². The summed E-state index contributed by atoms with van der Waals surface area (Å²) in [4.78, 5) is 0. The number of nitrogens with zero attached hydrogens (tertiary/aromatic N) is 1. The minimum atomic E-state index is -3.80. The molecular weight excluding hydrogens is 298 g/mol. The van der Waals surface area contributed by atoms with E-state index < -0.39 is 10.0 Å². The molecule has 0 aliphatic carbocycles. The lowest BCUT2D eigenvalue weighted by atomic mass is 10.2. The zero-order valence-electron chi connectivity index (χ0n) is 10.5. The Morgan fingerprint density at radius 1 is 1.45 bits per heavy atom. The van der Waals surface area contributed by atoms with Gasteiger partial charge < -0.3 is 10.5 Å². The summed E-state index contributed by atoms with van der Waals surface area (Å²) < 4.78 is 32.0. The minimum Gasteiger partial charge on any atom is -0.495 e. The SMILES string of the molecule is COc1cccc(C#N)c1NS(=O)(=O)c1cc(N)cs1. The molecule has 104 valence electrons. The van der Waals surface area contributed by atoms with Crippen LogP contribution in [0.1, 0.15) is 5.56 Å². The van der Waals surface area contributed by atoms with Gasteiger partial charge in [-0.2, -0.15) is 5.26 Å². The van der Waals surface area contributed by atoms with Crippen LogP contribution in [0.5, 0.6) is 5.75 Å². The van der Waals surface area contributed by atoms with Crippen molar-refractivity contribution in [3.63, 3.8) is 0 Å². The fourth-order valence-corrected chi connectivity index (χ4v) is 3.73. The molecule has 1 heterocycles. The van der Waals surface area contributed by atoms with Crippen molar-refractivity contribution >= 4 is 32.7 Å². The molecule has 1 aromatic heterocycles. The molecular formula is C12H11N3O3S2. The third-order valence-electron chi connectivity index (χ3n) is 2.46. The number of thiophene rings is 1. The number of ether oxygens (including phenoxy) is 1. The number of methoxy groups -OCH3 is 1. The Labute approximate surface area is 120 Å². The third-order valence-corrected chi connectivity index (χ3v) is 5.27. The van der Waals surface area contributed by atoms with Crippen LogP contribution in [0.25, 0.3) is 0 Å². The highest BCUT2D eigenvalue weighted by atomic mass is 32.2. The predicted octanol–water partition coefficient (Wildman–Crippen LogP) is 2.01. The van der Waals surface area contributed by atoms with Crippen LogP contribution in [0.15, 0.2) is 33.9 Å². The molecule has 0 amide bonds. The molecule has 0 fully saturated rings. The molecule has 0 aliphatic rings. The van der Waals surface area contributed by atoms with Gasteiger partial charge in [-0.1, -0.05) is 6.07 Å². The van der Waals surface area contributed by atoms with E-state index in [2.05, 4.69) is 4.72 Å². The summed E-state index contributed by atoms with van der Waals surface area (Å²) in [5.41, 5.74) is 6.19. The maximum absolute atomic E-state index is 12.2. The second-order valence-corrected chi connectivity index (χ2v) is 6.62. The van der Waals surface area contributed by atoms with E-state index in [-0.39, 0.29) is 21.2 Å². The average molecular weight is 309 g/mol. The Hall–Kier alpha value is -2.24. The van der Waals surface area contributed by atoms with E-state index in [1.54, 1.807) is 12.1 Å². The highest BCUT2D eigenvalue weighted by molar-refractivity contribution is 7.94. The smallest absolute Gasteiger partial charge is 0.271 e. The number of nitriles is 1. The highest BCUT2D eigenvalue weighted by Gasteiger charge is 2.20. The Morgan fingerprint density at radius 2 is 2.20 bits per heavy atom. The zero-order chi connectivity index (χ0) is 14.8. The third kappa shape index (κ3) is 2.68. The molecule has 0 atom stereocenters. The summed E-state index contributed by atoms with van der Waals surface area (Å²) in [6.07, 6.45) is 0. The summed E-state index contributed by atoms with van der Waals surface area (Å²) in [7, 11) is -2.40. The lowest BCUT2D eigenvalue weighted by Gasteiger charge is -2.12. The molecule has 2 aromatic rings. The van der Waals surface area contributed by atoms with Crippen LogP contribution in [0.4, 0.5) is 11.4 Å². The monoisotopic (exact) mass is 309 g/mol. The van der Waals surface area contributed by atoms with Gasteiger partial charge in [0.25, 0.3) is 10.0 Å². The van der Waals surface area contributed by atoms with Gasteiger partial charge in [0.2, 0.25) is 0 Å². The standard InChI is InChI=1S/C12H11N3O3S2/c1-18-10-4-2-3-8(6-13)12(10)15-20(16,17)11-5-9(14)7-19-11/h2-5,7,15H,14H2,1H3. The second-order valence-electron chi connectivity index (χ2n) is 3.80. The first-order valence-corrected chi connectivity index (χ1v) is 7.78. The van der Waals surface area contributed by atoms with Crippen LogP contribution in [0.2, 0.25) is 0 Å². The quantitative estimate of drug-likeness (QED) is 0.898. The maximum Gasteiger partial charge on any atom is 0.271 e. The molecule has 0 radical (unpaired) electrons. The van der Waals surface area contributed by atoms with Crippen molar-refractivity contribution in [2.75, 3.05) is 17.6 Å². The topological polar surface area (TPSA) is 105 Å². The molecule has 1 aromatic carbocycles. The Balaban J connectivity index is 2.47. The zero-order valence-corrected chi connectivity index (χ0v) is 12.1. The van der Waals surface area contributed by atoms with E-state index in [0.717, 1.165) is 11.3 Å². The molecule has 0 saturated carbocycles. The second kappa shape index (κ2) is 5.40. The molecule has 8 heteroatoms. The van der Waals surface area contributed by atoms with E-state index in [1.807, 2.05) is 6.07 Å². The van der Waals surface area contributed by atoms with E-state index in [9.17, 15) is 8.42 Å². The first kappa shape index (κ1) is 14.2. The predicted molar refractivity (Wildman–Crippen MR) is 77.2 cm³/mol. The van der Waals surface area contributed by atoms with Gasteiger partial charge in [0.1, 0.15) is 21.7 Å². The molecule has 0 unspecified atom stereocenters. The molecule has 0 spiro atoms. The fourth-order valence-electron chi connectivity index (χ4n) is 1.56. The minimum absolute atomic E-state index is 0.0739. The van der Waals surface area contributed by atoms with Gasteiger partial charge in [0.15, 0.2) is 0 Å². The van der Waals surface area contributed by atoms with Crippen LogP contribution >= 0.6 is 11.3 Å². The molecule has 3 N–H and O–H groups in total. The van der Waals surface area contributed by atoms with E-state index in [0.29, 0.717) is 5.69 Å². The largest absolute Gasteiger partial charge is 0.495 e. The van der Waals surface area contributed by atoms with Crippen molar-refractivity contribution < 1.29 is 13.2 Å². The van der Waals surface area contributed by atoms with Crippen molar-refractivity contribution in [1.29, 1.82) is 5.26 Å². The molecule has 0 bridgehead atoms. The number of nitrogens with two attached hydrogens (primary N) is 1. The molecule has 0 saturated heterocycles. The Bertz CT molecular complexity index is 775. The van der Waals surface area contributed by atoms with Gasteiger partial charge in [0, 0.05) is 11.1 Å². The van der Waals surface area contributed by atoms with Crippen LogP contribution in [-0.2, 0) is 10.0 Å². The summed E-state index contributed by atoms with van der Waals surface area (Å²) in [5, 5.41) is 10.6. The number of anilines is 2. The average Bonchev–Trinajstić information content (AvgIpc) is 2.86. The number of benzene rings is 1. The van der Waals surface area contributed by atoms with Crippen LogP contribution in [-0.4, -0.2) is 15.5 Å². The van der Waals surface area contributed by atoms with Gasteiger partial charge >= 0.3 is 0 Å². The Kier molecular flexibility index (Phi) is 3.83. The van der Waals surface area contributed by atoms with Gasteiger partial charge in [-0.25, -0.2) is 8.42 Å². The molecule has 20 heavy (non-hydrogen) atoms. The van der Waals surface area contributed by atoms with Crippen LogP contribution in [0, 0.1) is 11.3 Å². The summed E-state index contributed by atoms with van der Waals surface area (Å²) in [5.74, 6) is 0.275. The van der Waals surface area contributed by atoms with Crippen molar-refractivity contribution in [3.8, 4) is 11.8 Å². The number of nitrogens with one attached hydrogen (secondary N) is 1. The fraction of sp³-hybridized carbons (Fsp3) is 0.0833. The van der Waals surface area contributed by atoms with Crippen molar-refractivity contribution in [3.05, 3.63) is 35.2 Å². The molecule has 6 nitrogen and oxygen atoms in total. The molecule has 0 aliphatic heterocycles. The van der Waals surface area contributed by atoms with E-state index in [4.69, 9.17) is 15.7 Å². The highest BCUT2D eigenvalue weighted by Crippen LogP contribution is 2.31. The van der Waals surface area contributed by atoms with Gasteiger partial charge in [0.05, 0.1) is 12.7 Å². The summed E-state index contributed by atoms with van der Waals surface area (Å²) in [6.45, 7) is 0. The van der Waals surface area contributed by atoms with Gasteiger partial charge in [-0.15, -0.1) is 11.3 Å². The number of hydrogen-bond donors (Lipinski definition) is 2. The van der Waals surface area contributed by atoms with Gasteiger partial charge in [-0.3, -0.25) is 4.72 Å². The normalized spacial score (nSPS) is 10.8. The number of sulfonamides is 1. The first-order chi connectivity index (χ1) is 9.47. The maximum atomic E-state index is 12.2. The summed E-state index contributed by atoms with van der Waals surface area (Å²) >= 11 is 1.00. The number of para-hydroxylation sites is 1. The molecule has 2 rings (SSSR count). The van der Waals surface area contributed by atoms with Crippen LogP contribution in [0.3, 0.4) is 0 Å². The first-order valence-electron chi connectivity index (χ1n) is 5.42. The van der Waals surface area contributed by atoms with Crippen molar-refractivity contribution in [2.45, 2.75) is 4.21 Å². The lowest BCUT2D eigenvalue weighted by molar-refractivity contribution is 0.417. The lowest BCUT2D eigenvalue weighted by Crippen LogP contribution is -2.13. The number of nitrogen functional groups attached to an aromatic ring is 1. The van der Waals surface area contributed by atoms with Crippen LogP contribution < -0.4 is 15.2 Å². The number of rotatable bonds is 4. The summed E-state index contributed by atoms with van der Waals surface area (Å²) in [6, 6.07) is 7.96. The van der Waals surface area contributed by atoms with Gasteiger partial charge in [-0.05, 0) is 18.2 Å². The van der Waals surface area contributed by atoms with E-state index in [1.165, 1.54) is 24.6 Å². The van der Waals surface area contributed by atoms with Crippen molar-refractivity contribution in [2.24, 2.45) is 0 Å².